The van der Waals surface area contributed by atoms with Crippen LogP contribution in [-0.2, 0) is 12.1 Å². The number of rotatable bonds is 3. The zero-order valence-electron chi connectivity index (χ0n) is 18.5. The molecule has 0 fully saturated rings. The molecular weight excluding hydrogens is 356 g/mol. The van der Waals surface area contributed by atoms with E-state index in [2.05, 4.69) is 110 Å². The molecule has 0 atom stereocenters. The van der Waals surface area contributed by atoms with Crippen molar-refractivity contribution in [3.63, 3.8) is 0 Å². The van der Waals surface area contributed by atoms with E-state index in [0.29, 0.717) is 0 Å². The van der Waals surface area contributed by atoms with Gasteiger partial charge in [0.05, 0.1) is 11.2 Å². The molecule has 2 heterocycles. The number of para-hydroxylation sites is 1. The van der Waals surface area contributed by atoms with E-state index in [0.717, 1.165) is 30.8 Å². The Morgan fingerprint density at radius 1 is 0.897 bits per heavy atom. The van der Waals surface area contributed by atoms with Crippen LogP contribution in [0.2, 0.25) is 0 Å². The molecule has 3 aromatic rings. The van der Waals surface area contributed by atoms with Crippen LogP contribution in [0.5, 0.6) is 0 Å². The first-order chi connectivity index (χ1) is 13.7. The largest absolute Gasteiger partial charge is 0.362 e. The van der Waals surface area contributed by atoms with Gasteiger partial charge in [-0.25, -0.2) is 4.68 Å². The third-order valence-corrected chi connectivity index (χ3v) is 5.95. The van der Waals surface area contributed by atoms with Crippen LogP contribution in [0.25, 0.3) is 22.5 Å². The van der Waals surface area contributed by atoms with Crippen LogP contribution >= 0.6 is 0 Å². The molecule has 0 saturated carbocycles. The van der Waals surface area contributed by atoms with E-state index in [1.165, 1.54) is 22.4 Å². The number of hydrogen-bond acceptors (Lipinski definition) is 3. The number of aromatic nitrogens is 3. The van der Waals surface area contributed by atoms with Gasteiger partial charge in [0, 0.05) is 28.9 Å². The summed E-state index contributed by atoms with van der Waals surface area (Å²) in [6, 6.07) is 17.4. The summed E-state index contributed by atoms with van der Waals surface area (Å²) in [6.07, 6.45) is 2.28. The summed E-state index contributed by atoms with van der Waals surface area (Å²) < 4.78 is 2.09. The molecule has 0 radical (unpaired) electrons. The summed E-state index contributed by atoms with van der Waals surface area (Å²) in [6.45, 7) is 14.4. The minimum atomic E-state index is -0.161. The molecule has 152 valence electrons. The average molecular weight is 389 g/mol. The lowest BCUT2D eigenvalue weighted by Gasteiger charge is -2.43. The highest BCUT2D eigenvalue weighted by Crippen LogP contribution is 2.44. The predicted octanol–water partition coefficient (Wildman–Crippen LogP) is 6.27. The molecule has 0 saturated heterocycles. The van der Waals surface area contributed by atoms with Gasteiger partial charge in [-0.2, -0.15) is 0 Å². The molecule has 4 nitrogen and oxygen atoms in total. The maximum Gasteiger partial charge on any atom is 0.121 e. The highest BCUT2D eigenvalue weighted by molar-refractivity contribution is 5.88. The first kappa shape index (κ1) is 19.7. The predicted molar refractivity (Wildman–Crippen MR) is 121 cm³/mol. The number of nitrogens with zero attached hydrogens (tertiary/aromatic N) is 4. The Bertz CT molecular complexity index is 1020. The third-order valence-electron chi connectivity index (χ3n) is 5.95. The van der Waals surface area contributed by atoms with Crippen molar-refractivity contribution >= 4 is 5.69 Å². The standard InChI is InChI=1S/C25H32N4/c1-7-16-25(5,6)28-17-18-12-8-9-13-19(18)22-23(20-14-10-11-15-21(20)28)29(27-26-22)24(2,3)4/h8-15H,7,16-17H2,1-6H3. The van der Waals surface area contributed by atoms with E-state index in [9.17, 15) is 0 Å². The first-order valence-electron chi connectivity index (χ1n) is 10.7. The maximum absolute atomic E-state index is 4.68. The highest BCUT2D eigenvalue weighted by Gasteiger charge is 2.34. The van der Waals surface area contributed by atoms with Crippen molar-refractivity contribution in [2.75, 3.05) is 4.90 Å². The second-order valence-electron chi connectivity index (χ2n) is 9.69. The Balaban J connectivity index is 2.08. The van der Waals surface area contributed by atoms with E-state index < -0.39 is 0 Å². The van der Waals surface area contributed by atoms with Crippen LogP contribution in [0.4, 0.5) is 5.69 Å². The smallest absolute Gasteiger partial charge is 0.121 e. The fourth-order valence-corrected chi connectivity index (χ4v) is 4.52. The summed E-state index contributed by atoms with van der Waals surface area (Å²) in [4.78, 5) is 2.58. The van der Waals surface area contributed by atoms with Gasteiger partial charge in [-0.3, -0.25) is 0 Å². The van der Waals surface area contributed by atoms with Gasteiger partial charge < -0.3 is 4.90 Å². The fourth-order valence-electron chi connectivity index (χ4n) is 4.52. The van der Waals surface area contributed by atoms with Crippen LogP contribution in [-0.4, -0.2) is 20.5 Å². The molecule has 0 spiro atoms. The molecule has 0 bridgehead atoms. The second kappa shape index (κ2) is 7.01. The molecule has 4 heteroatoms. The topological polar surface area (TPSA) is 34.0 Å². The number of benzene rings is 2. The average Bonchev–Trinajstić information content (AvgIpc) is 3.10. The van der Waals surface area contributed by atoms with Crippen LogP contribution in [0.3, 0.4) is 0 Å². The molecule has 0 unspecified atom stereocenters. The van der Waals surface area contributed by atoms with Gasteiger partial charge in [-0.15, -0.1) is 5.10 Å². The van der Waals surface area contributed by atoms with Crippen molar-refractivity contribution in [1.82, 2.24) is 15.0 Å². The quantitative estimate of drug-likeness (QED) is 0.530. The zero-order valence-corrected chi connectivity index (χ0v) is 18.5. The molecular formula is C25H32N4. The van der Waals surface area contributed by atoms with Crippen LogP contribution in [0.1, 0.15) is 59.9 Å². The molecule has 0 N–H and O–H groups in total. The van der Waals surface area contributed by atoms with Gasteiger partial charge in [0.25, 0.3) is 0 Å². The lowest BCUT2D eigenvalue weighted by Crippen LogP contribution is -2.44. The van der Waals surface area contributed by atoms with Crippen molar-refractivity contribution < 1.29 is 0 Å². The normalized spacial score (nSPS) is 13.9. The summed E-state index contributed by atoms with van der Waals surface area (Å²) in [5.41, 5.74) is 6.92. The molecule has 0 aliphatic carbocycles. The number of hydrogen-bond donors (Lipinski definition) is 0. The van der Waals surface area contributed by atoms with E-state index in [4.69, 9.17) is 0 Å². The van der Waals surface area contributed by atoms with Crippen molar-refractivity contribution in [3.05, 3.63) is 54.1 Å². The summed E-state index contributed by atoms with van der Waals surface area (Å²) in [5, 5.41) is 9.30. The third kappa shape index (κ3) is 3.35. The second-order valence-corrected chi connectivity index (χ2v) is 9.69. The summed E-state index contributed by atoms with van der Waals surface area (Å²) in [7, 11) is 0. The van der Waals surface area contributed by atoms with Crippen molar-refractivity contribution in [2.24, 2.45) is 0 Å². The van der Waals surface area contributed by atoms with Crippen LogP contribution in [0, 0.1) is 0 Å². The summed E-state index contributed by atoms with van der Waals surface area (Å²) >= 11 is 0. The van der Waals surface area contributed by atoms with Gasteiger partial charge in [-0.1, -0.05) is 61.0 Å². The monoisotopic (exact) mass is 388 g/mol. The molecule has 4 rings (SSSR count). The first-order valence-corrected chi connectivity index (χ1v) is 10.7. The lowest BCUT2D eigenvalue weighted by molar-refractivity contribution is 0.351. The molecule has 29 heavy (non-hydrogen) atoms. The minimum Gasteiger partial charge on any atom is -0.362 e. The van der Waals surface area contributed by atoms with Gasteiger partial charge in [-0.05, 0) is 52.7 Å². The maximum atomic E-state index is 4.68. The molecule has 0 amide bonds. The molecule has 1 aliphatic heterocycles. The van der Waals surface area contributed by atoms with Crippen LogP contribution < -0.4 is 4.90 Å². The number of anilines is 1. The number of fused-ring (bicyclic) bond motifs is 5. The van der Waals surface area contributed by atoms with Gasteiger partial charge >= 0.3 is 0 Å². The van der Waals surface area contributed by atoms with Gasteiger partial charge in [0.2, 0.25) is 0 Å². The molecule has 1 aromatic heterocycles. The Morgan fingerprint density at radius 2 is 1.55 bits per heavy atom. The Morgan fingerprint density at radius 3 is 2.24 bits per heavy atom. The van der Waals surface area contributed by atoms with E-state index in [1.54, 1.807) is 0 Å². The Kier molecular flexibility index (Phi) is 4.76. The molecule has 1 aliphatic rings. The van der Waals surface area contributed by atoms with Gasteiger partial charge in [0.1, 0.15) is 5.69 Å². The highest BCUT2D eigenvalue weighted by atomic mass is 15.5. The van der Waals surface area contributed by atoms with E-state index in [-0.39, 0.29) is 11.1 Å². The molecule has 2 aromatic carbocycles. The van der Waals surface area contributed by atoms with Crippen molar-refractivity contribution in [1.29, 1.82) is 0 Å². The Hall–Kier alpha value is -2.62. The SMILES string of the molecule is CCCC(C)(C)N1Cc2ccccc2-c2nnn(C(C)(C)C)c2-c2ccccc21. The van der Waals surface area contributed by atoms with Crippen LogP contribution in [0.15, 0.2) is 48.5 Å². The lowest BCUT2D eigenvalue weighted by atomic mass is 9.89. The summed E-state index contributed by atoms with van der Waals surface area (Å²) in [5.74, 6) is 0. The Labute approximate surface area is 174 Å². The van der Waals surface area contributed by atoms with Crippen molar-refractivity contribution in [2.45, 2.75) is 72.0 Å². The fraction of sp³-hybridized carbons (Fsp3) is 0.440. The van der Waals surface area contributed by atoms with Crippen molar-refractivity contribution in [3.8, 4) is 22.5 Å². The van der Waals surface area contributed by atoms with E-state index in [1.807, 2.05) is 0 Å². The minimum absolute atomic E-state index is 0.0372. The van der Waals surface area contributed by atoms with Gasteiger partial charge in [0.15, 0.2) is 0 Å². The van der Waals surface area contributed by atoms with E-state index >= 15 is 0 Å². The zero-order chi connectivity index (χ0) is 20.8.